The van der Waals surface area contributed by atoms with E-state index in [4.69, 9.17) is 4.98 Å². The summed E-state index contributed by atoms with van der Waals surface area (Å²) in [6, 6.07) is 6.79. The summed E-state index contributed by atoms with van der Waals surface area (Å²) < 4.78 is 2.05. The van der Waals surface area contributed by atoms with Gasteiger partial charge in [0.1, 0.15) is 0 Å². The minimum atomic E-state index is 0.101. The number of aryl methyl sites for hydroxylation is 1. The van der Waals surface area contributed by atoms with Crippen molar-refractivity contribution < 1.29 is 4.79 Å². The van der Waals surface area contributed by atoms with Crippen molar-refractivity contribution in [3.05, 3.63) is 59.3 Å². The SMILES string of the molecule is CC(=O)c1cc(N2CCN[C@@H](C)C2)ccc1/C=C(/c1cn2cc(C)ncc2n1)C1CCC1. The molecule has 1 aromatic carbocycles. The van der Waals surface area contributed by atoms with Crippen LogP contribution in [0.25, 0.3) is 17.3 Å². The normalized spacial score (nSPS) is 19.9. The first kappa shape index (κ1) is 20.9. The molecule has 1 aliphatic heterocycles. The maximum absolute atomic E-state index is 12.6. The summed E-state index contributed by atoms with van der Waals surface area (Å²) in [5, 5.41) is 3.48. The van der Waals surface area contributed by atoms with Crippen molar-refractivity contribution in [3.63, 3.8) is 0 Å². The minimum Gasteiger partial charge on any atom is -0.369 e. The van der Waals surface area contributed by atoms with Crippen LogP contribution in [0, 0.1) is 12.8 Å². The molecule has 0 bridgehead atoms. The molecule has 1 saturated carbocycles. The largest absolute Gasteiger partial charge is 0.369 e. The number of rotatable bonds is 5. The van der Waals surface area contributed by atoms with Gasteiger partial charge in [-0.3, -0.25) is 9.78 Å². The summed E-state index contributed by atoms with van der Waals surface area (Å²) in [6.45, 7) is 8.73. The van der Waals surface area contributed by atoms with Gasteiger partial charge < -0.3 is 14.6 Å². The molecule has 1 saturated heterocycles. The highest BCUT2D eigenvalue weighted by Crippen LogP contribution is 2.40. The van der Waals surface area contributed by atoms with Crippen molar-refractivity contribution in [2.75, 3.05) is 24.5 Å². The number of nitrogens with zero attached hydrogens (tertiary/aromatic N) is 4. The van der Waals surface area contributed by atoms with E-state index in [0.29, 0.717) is 12.0 Å². The second-order valence-corrected chi connectivity index (χ2v) is 9.28. The molecule has 6 heteroatoms. The van der Waals surface area contributed by atoms with Crippen LogP contribution in [-0.4, -0.2) is 45.8 Å². The lowest BCUT2D eigenvalue weighted by atomic mass is 9.77. The number of carbonyl (C=O) groups is 1. The molecule has 3 aromatic rings. The molecule has 1 aliphatic carbocycles. The van der Waals surface area contributed by atoms with E-state index in [1.54, 1.807) is 6.92 Å². The smallest absolute Gasteiger partial charge is 0.160 e. The second-order valence-electron chi connectivity index (χ2n) is 9.28. The zero-order valence-corrected chi connectivity index (χ0v) is 19.1. The zero-order chi connectivity index (χ0) is 22.2. The van der Waals surface area contributed by atoms with Gasteiger partial charge in [0, 0.05) is 49.3 Å². The van der Waals surface area contributed by atoms with E-state index in [-0.39, 0.29) is 5.78 Å². The highest BCUT2D eigenvalue weighted by molar-refractivity contribution is 6.00. The Hall–Kier alpha value is -2.99. The number of aromatic nitrogens is 3. The number of Topliss-reactive ketones (excluding diaryl/α,β-unsaturated/α-hetero) is 1. The van der Waals surface area contributed by atoms with Crippen LogP contribution in [0.4, 0.5) is 5.69 Å². The number of allylic oxidation sites excluding steroid dienone is 1. The van der Waals surface area contributed by atoms with E-state index < -0.39 is 0 Å². The monoisotopic (exact) mass is 429 g/mol. The quantitative estimate of drug-likeness (QED) is 0.610. The predicted molar refractivity (Wildman–Crippen MR) is 129 cm³/mol. The molecule has 6 nitrogen and oxygen atoms in total. The van der Waals surface area contributed by atoms with Crippen LogP contribution >= 0.6 is 0 Å². The summed E-state index contributed by atoms with van der Waals surface area (Å²) >= 11 is 0. The molecular formula is C26H31N5O. The Balaban J connectivity index is 1.55. The van der Waals surface area contributed by atoms with Crippen LogP contribution in [-0.2, 0) is 0 Å². The third kappa shape index (κ3) is 4.07. The van der Waals surface area contributed by atoms with Crippen molar-refractivity contribution in [3.8, 4) is 0 Å². The molecule has 32 heavy (non-hydrogen) atoms. The lowest BCUT2D eigenvalue weighted by Gasteiger charge is -2.34. The fraction of sp³-hybridized carbons (Fsp3) is 0.423. The first-order valence-corrected chi connectivity index (χ1v) is 11.6. The first-order chi connectivity index (χ1) is 15.5. The fourth-order valence-corrected chi connectivity index (χ4v) is 4.77. The van der Waals surface area contributed by atoms with E-state index in [1.165, 1.54) is 24.8 Å². The van der Waals surface area contributed by atoms with E-state index in [0.717, 1.165) is 53.5 Å². The highest BCUT2D eigenvalue weighted by Gasteiger charge is 2.26. The third-order valence-corrected chi connectivity index (χ3v) is 6.77. The van der Waals surface area contributed by atoms with Gasteiger partial charge in [-0.25, -0.2) is 4.98 Å². The highest BCUT2D eigenvalue weighted by atomic mass is 16.1. The van der Waals surface area contributed by atoms with Gasteiger partial charge in [-0.15, -0.1) is 0 Å². The molecule has 5 rings (SSSR count). The molecule has 2 aromatic heterocycles. The summed E-state index contributed by atoms with van der Waals surface area (Å²) in [7, 11) is 0. The van der Waals surface area contributed by atoms with E-state index in [9.17, 15) is 4.79 Å². The van der Waals surface area contributed by atoms with Crippen molar-refractivity contribution in [1.82, 2.24) is 19.7 Å². The summed E-state index contributed by atoms with van der Waals surface area (Å²) in [6.07, 6.45) is 11.7. The molecule has 166 valence electrons. The number of hydrogen-bond acceptors (Lipinski definition) is 5. The Labute approximate surface area is 189 Å². The van der Waals surface area contributed by atoms with Gasteiger partial charge in [0.15, 0.2) is 11.4 Å². The number of nitrogens with one attached hydrogen (secondary N) is 1. The zero-order valence-electron chi connectivity index (χ0n) is 19.1. The van der Waals surface area contributed by atoms with Gasteiger partial charge in [0.25, 0.3) is 0 Å². The van der Waals surface area contributed by atoms with Crippen LogP contribution in [0.2, 0.25) is 0 Å². The minimum absolute atomic E-state index is 0.101. The van der Waals surface area contributed by atoms with Gasteiger partial charge in [-0.05, 0) is 68.9 Å². The molecule has 1 atom stereocenters. The number of ketones is 1. The predicted octanol–water partition coefficient (Wildman–Crippen LogP) is 4.38. The number of anilines is 1. The van der Waals surface area contributed by atoms with Crippen LogP contribution in [0.5, 0.6) is 0 Å². The van der Waals surface area contributed by atoms with E-state index in [2.05, 4.69) is 52.6 Å². The molecule has 0 radical (unpaired) electrons. The number of carbonyl (C=O) groups excluding carboxylic acids is 1. The van der Waals surface area contributed by atoms with Gasteiger partial charge in [0.05, 0.1) is 17.6 Å². The Kier molecular flexibility index (Phi) is 5.55. The maximum Gasteiger partial charge on any atom is 0.160 e. The molecule has 0 spiro atoms. The van der Waals surface area contributed by atoms with Crippen LogP contribution in [0.15, 0.2) is 36.8 Å². The molecule has 0 amide bonds. The standard InChI is InChI=1S/C26H31N5O/c1-17-14-30(10-9-27-17)22-8-7-21(23(12-22)19(3)32)11-24(20-5-4-6-20)25-16-31-15-18(2)28-13-26(31)29-25/h7-8,11-13,15-17,20,27H,4-6,9-10,14H2,1-3H3/b24-11+/t17-/m0/s1. The van der Waals surface area contributed by atoms with Crippen LogP contribution < -0.4 is 10.2 Å². The lowest BCUT2D eigenvalue weighted by Crippen LogP contribution is -2.49. The van der Waals surface area contributed by atoms with Crippen molar-refractivity contribution >= 4 is 28.8 Å². The Morgan fingerprint density at radius 1 is 1.25 bits per heavy atom. The fourth-order valence-electron chi connectivity index (χ4n) is 4.77. The third-order valence-electron chi connectivity index (χ3n) is 6.77. The average molecular weight is 430 g/mol. The van der Waals surface area contributed by atoms with E-state index >= 15 is 0 Å². The number of hydrogen-bond donors (Lipinski definition) is 1. The second kappa shape index (κ2) is 8.51. The average Bonchev–Trinajstić information content (AvgIpc) is 3.15. The Morgan fingerprint density at radius 3 is 2.81 bits per heavy atom. The Bertz CT molecular complexity index is 1190. The maximum atomic E-state index is 12.6. The van der Waals surface area contributed by atoms with Gasteiger partial charge >= 0.3 is 0 Å². The molecular weight excluding hydrogens is 398 g/mol. The molecule has 2 aliphatic rings. The number of imidazole rings is 1. The number of piperazine rings is 1. The van der Waals surface area contributed by atoms with Crippen molar-refractivity contribution in [2.24, 2.45) is 5.92 Å². The molecule has 2 fully saturated rings. The van der Waals surface area contributed by atoms with Gasteiger partial charge in [-0.2, -0.15) is 0 Å². The number of benzene rings is 1. The van der Waals surface area contributed by atoms with Crippen LogP contribution in [0.3, 0.4) is 0 Å². The lowest BCUT2D eigenvalue weighted by molar-refractivity contribution is 0.101. The summed E-state index contributed by atoms with van der Waals surface area (Å²) in [5.74, 6) is 0.589. The van der Waals surface area contributed by atoms with Gasteiger partial charge in [-0.1, -0.05) is 12.5 Å². The summed E-state index contributed by atoms with van der Waals surface area (Å²) in [4.78, 5) is 24.2. The van der Waals surface area contributed by atoms with E-state index in [1.807, 2.05) is 23.7 Å². The molecule has 0 unspecified atom stereocenters. The Morgan fingerprint density at radius 2 is 2.09 bits per heavy atom. The topological polar surface area (TPSA) is 62.5 Å². The van der Waals surface area contributed by atoms with Crippen molar-refractivity contribution in [1.29, 1.82) is 0 Å². The molecule has 3 heterocycles. The van der Waals surface area contributed by atoms with Crippen LogP contribution in [0.1, 0.15) is 60.4 Å². The summed E-state index contributed by atoms with van der Waals surface area (Å²) in [5.41, 5.74) is 6.92. The first-order valence-electron chi connectivity index (χ1n) is 11.6. The number of fused-ring (bicyclic) bond motifs is 1. The van der Waals surface area contributed by atoms with Crippen molar-refractivity contribution in [2.45, 2.75) is 46.1 Å². The van der Waals surface area contributed by atoms with Gasteiger partial charge in [0.2, 0.25) is 0 Å². The molecule has 1 N–H and O–H groups in total.